The smallest absolute Gasteiger partial charge is 0.0745 e. The number of aliphatic hydroxyl groups excluding tert-OH is 1. The van der Waals surface area contributed by atoms with Crippen LogP contribution in [-0.4, -0.2) is 11.7 Å². The number of anilines is 1. The standard InChI is InChI=1S/C18H21NO/c1-13-5-2-3-8-17(13)19-18(12-20)16-7-4-6-15(11-16)14-9-10-14/h2-8,11,14,18-20H,9-10,12H2,1H3. The Morgan fingerprint density at radius 3 is 2.65 bits per heavy atom. The fourth-order valence-corrected chi connectivity index (χ4v) is 2.60. The Labute approximate surface area is 120 Å². The quantitative estimate of drug-likeness (QED) is 0.857. The van der Waals surface area contributed by atoms with Crippen LogP contribution in [0.15, 0.2) is 48.5 Å². The molecule has 20 heavy (non-hydrogen) atoms. The second-order valence-electron chi connectivity index (χ2n) is 5.64. The molecule has 0 amide bonds. The first-order chi connectivity index (χ1) is 9.78. The third-order valence-corrected chi connectivity index (χ3v) is 4.02. The van der Waals surface area contributed by atoms with Crippen molar-refractivity contribution < 1.29 is 5.11 Å². The van der Waals surface area contributed by atoms with E-state index in [1.54, 1.807) is 0 Å². The Hall–Kier alpha value is -1.80. The van der Waals surface area contributed by atoms with Crippen LogP contribution in [0, 0.1) is 6.92 Å². The van der Waals surface area contributed by atoms with Crippen LogP contribution in [0.25, 0.3) is 0 Å². The van der Waals surface area contributed by atoms with Crippen molar-refractivity contribution in [3.8, 4) is 0 Å². The van der Waals surface area contributed by atoms with Gasteiger partial charge in [0.15, 0.2) is 0 Å². The largest absolute Gasteiger partial charge is 0.394 e. The number of benzene rings is 2. The molecule has 0 aliphatic heterocycles. The minimum Gasteiger partial charge on any atom is -0.394 e. The van der Waals surface area contributed by atoms with E-state index < -0.39 is 0 Å². The Bertz CT molecular complexity index is 589. The minimum absolute atomic E-state index is 0.0465. The summed E-state index contributed by atoms with van der Waals surface area (Å²) in [5.41, 5.74) is 4.86. The summed E-state index contributed by atoms with van der Waals surface area (Å²) in [6.45, 7) is 2.18. The molecule has 1 fully saturated rings. The third kappa shape index (κ3) is 2.86. The molecule has 2 N–H and O–H groups in total. The van der Waals surface area contributed by atoms with Gasteiger partial charge in [0, 0.05) is 5.69 Å². The predicted molar refractivity (Wildman–Crippen MR) is 83.0 cm³/mol. The van der Waals surface area contributed by atoms with Gasteiger partial charge in [-0.2, -0.15) is 0 Å². The first-order valence-electron chi connectivity index (χ1n) is 7.31. The fourth-order valence-electron chi connectivity index (χ4n) is 2.60. The van der Waals surface area contributed by atoms with Gasteiger partial charge in [-0.1, -0.05) is 42.5 Å². The molecule has 0 bridgehead atoms. The molecule has 2 aromatic carbocycles. The van der Waals surface area contributed by atoms with E-state index in [2.05, 4.69) is 48.6 Å². The average Bonchev–Trinajstić information content (AvgIpc) is 3.31. The van der Waals surface area contributed by atoms with Gasteiger partial charge in [-0.05, 0) is 48.4 Å². The van der Waals surface area contributed by atoms with Crippen LogP contribution in [-0.2, 0) is 0 Å². The summed E-state index contributed by atoms with van der Waals surface area (Å²) in [6.07, 6.45) is 2.61. The van der Waals surface area contributed by atoms with Crippen LogP contribution in [0.4, 0.5) is 5.69 Å². The highest BCUT2D eigenvalue weighted by molar-refractivity contribution is 5.52. The molecular weight excluding hydrogens is 246 g/mol. The fraction of sp³-hybridized carbons (Fsp3) is 0.333. The predicted octanol–water partition coefficient (Wildman–Crippen LogP) is 4.02. The van der Waals surface area contributed by atoms with Crippen molar-refractivity contribution in [1.82, 2.24) is 0 Å². The maximum atomic E-state index is 9.71. The SMILES string of the molecule is Cc1ccccc1NC(CO)c1cccc(C2CC2)c1. The number of hydrogen-bond donors (Lipinski definition) is 2. The van der Waals surface area contributed by atoms with Crippen LogP contribution < -0.4 is 5.32 Å². The Balaban J connectivity index is 1.82. The van der Waals surface area contributed by atoms with E-state index in [1.807, 2.05) is 12.1 Å². The van der Waals surface area contributed by atoms with Crippen molar-refractivity contribution in [2.75, 3.05) is 11.9 Å². The molecule has 1 aliphatic rings. The molecule has 3 rings (SSSR count). The van der Waals surface area contributed by atoms with Gasteiger partial charge in [0.1, 0.15) is 0 Å². The van der Waals surface area contributed by atoms with Crippen LogP contribution in [0.5, 0.6) is 0 Å². The molecule has 1 saturated carbocycles. The van der Waals surface area contributed by atoms with E-state index in [0.717, 1.165) is 11.6 Å². The molecule has 1 unspecified atom stereocenters. The van der Waals surface area contributed by atoms with Crippen molar-refractivity contribution in [3.05, 3.63) is 65.2 Å². The molecule has 0 saturated heterocycles. The maximum Gasteiger partial charge on any atom is 0.0745 e. The zero-order valence-electron chi connectivity index (χ0n) is 11.8. The molecule has 0 radical (unpaired) electrons. The molecule has 1 atom stereocenters. The van der Waals surface area contributed by atoms with Crippen molar-refractivity contribution in [2.24, 2.45) is 0 Å². The van der Waals surface area contributed by atoms with E-state index in [9.17, 15) is 5.11 Å². The monoisotopic (exact) mass is 267 g/mol. The molecule has 1 aliphatic carbocycles. The highest BCUT2D eigenvalue weighted by Gasteiger charge is 2.24. The highest BCUT2D eigenvalue weighted by Crippen LogP contribution is 2.40. The Morgan fingerprint density at radius 1 is 1.15 bits per heavy atom. The maximum absolute atomic E-state index is 9.71. The molecule has 0 aromatic heterocycles. The van der Waals surface area contributed by atoms with Gasteiger partial charge in [-0.15, -0.1) is 0 Å². The van der Waals surface area contributed by atoms with Crippen LogP contribution >= 0.6 is 0 Å². The summed E-state index contributed by atoms with van der Waals surface area (Å²) in [4.78, 5) is 0. The van der Waals surface area contributed by atoms with Gasteiger partial charge in [0.2, 0.25) is 0 Å². The van der Waals surface area contributed by atoms with Crippen molar-refractivity contribution >= 4 is 5.69 Å². The minimum atomic E-state index is -0.0465. The summed E-state index contributed by atoms with van der Waals surface area (Å²) >= 11 is 0. The van der Waals surface area contributed by atoms with Crippen molar-refractivity contribution in [2.45, 2.75) is 31.7 Å². The highest BCUT2D eigenvalue weighted by atomic mass is 16.3. The zero-order valence-corrected chi connectivity index (χ0v) is 11.8. The van der Waals surface area contributed by atoms with Crippen molar-refractivity contribution in [1.29, 1.82) is 0 Å². The zero-order chi connectivity index (χ0) is 13.9. The summed E-state index contributed by atoms with van der Waals surface area (Å²) in [5.74, 6) is 0.743. The number of nitrogens with one attached hydrogen (secondary N) is 1. The summed E-state index contributed by atoms with van der Waals surface area (Å²) in [6, 6.07) is 16.8. The molecule has 2 aromatic rings. The first-order valence-corrected chi connectivity index (χ1v) is 7.31. The third-order valence-electron chi connectivity index (χ3n) is 4.02. The van der Waals surface area contributed by atoms with Gasteiger partial charge in [-0.25, -0.2) is 0 Å². The number of rotatable bonds is 5. The molecule has 2 heteroatoms. The molecule has 104 valence electrons. The van der Waals surface area contributed by atoms with E-state index in [1.165, 1.54) is 29.5 Å². The van der Waals surface area contributed by atoms with E-state index in [-0.39, 0.29) is 12.6 Å². The van der Waals surface area contributed by atoms with E-state index in [4.69, 9.17) is 0 Å². The summed E-state index contributed by atoms with van der Waals surface area (Å²) in [5, 5.41) is 13.2. The van der Waals surface area contributed by atoms with E-state index in [0.29, 0.717) is 0 Å². The summed E-state index contributed by atoms with van der Waals surface area (Å²) in [7, 11) is 0. The number of aryl methyl sites for hydroxylation is 1. The van der Waals surface area contributed by atoms with Gasteiger partial charge in [0.05, 0.1) is 12.6 Å². The lowest BCUT2D eigenvalue weighted by Crippen LogP contribution is -2.15. The first kappa shape index (κ1) is 13.2. The van der Waals surface area contributed by atoms with Crippen LogP contribution in [0.3, 0.4) is 0 Å². The Morgan fingerprint density at radius 2 is 1.95 bits per heavy atom. The lowest BCUT2D eigenvalue weighted by Gasteiger charge is -2.20. The van der Waals surface area contributed by atoms with Gasteiger partial charge >= 0.3 is 0 Å². The van der Waals surface area contributed by atoms with Crippen LogP contribution in [0.2, 0.25) is 0 Å². The van der Waals surface area contributed by atoms with Crippen molar-refractivity contribution in [3.63, 3.8) is 0 Å². The second-order valence-corrected chi connectivity index (χ2v) is 5.64. The number of hydrogen-bond acceptors (Lipinski definition) is 2. The molecular formula is C18H21NO. The van der Waals surface area contributed by atoms with Gasteiger partial charge in [-0.3, -0.25) is 0 Å². The second kappa shape index (κ2) is 5.68. The normalized spacial score (nSPS) is 15.9. The lowest BCUT2D eigenvalue weighted by atomic mass is 10.0. The number of aliphatic hydroxyl groups is 1. The number of para-hydroxylation sites is 1. The van der Waals surface area contributed by atoms with Gasteiger partial charge in [0.25, 0.3) is 0 Å². The van der Waals surface area contributed by atoms with Crippen LogP contribution in [0.1, 0.15) is 41.5 Å². The molecule has 0 heterocycles. The average molecular weight is 267 g/mol. The molecule has 2 nitrogen and oxygen atoms in total. The summed E-state index contributed by atoms with van der Waals surface area (Å²) < 4.78 is 0. The topological polar surface area (TPSA) is 32.3 Å². The Kier molecular flexibility index (Phi) is 3.75. The molecule has 0 spiro atoms. The lowest BCUT2D eigenvalue weighted by molar-refractivity contribution is 0.276. The van der Waals surface area contributed by atoms with Gasteiger partial charge < -0.3 is 10.4 Å². The van der Waals surface area contributed by atoms with E-state index >= 15 is 0 Å².